The van der Waals surface area contributed by atoms with Gasteiger partial charge in [-0.15, -0.1) is 0 Å². The summed E-state index contributed by atoms with van der Waals surface area (Å²) in [4.78, 5) is 0. The molecular formula is C5H7NO2. The minimum atomic E-state index is -0.417. The fourth-order valence-electron chi connectivity index (χ4n) is 1.09. The fourth-order valence-corrected chi connectivity index (χ4v) is 1.09. The first-order valence-electron chi connectivity index (χ1n) is 2.66. The van der Waals surface area contributed by atoms with E-state index in [0.29, 0.717) is 6.42 Å². The molecule has 0 aromatic rings. The lowest BCUT2D eigenvalue weighted by Gasteiger charge is -2.06. The highest BCUT2D eigenvalue weighted by Gasteiger charge is 2.41. The third-order valence-corrected chi connectivity index (χ3v) is 1.61. The van der Waals surface area contributed by atoms with E-state index in [9.17, 15) is 0 Å². The topological polar surface area (TPSA) is 62.4 Å². The molecule has 0 aromatic heterocycles. The van der Waals surface area contributed by atoms with E-state index in [1.54, 1.807) is 0 Å². The van der Waals surface area contributed by atoms with Crippen molar-refractivity contribution in [3.8, 4) is 0 Å². The first kappa shape index (κ1) is 4.35. The number of aliphatic hydroxyl groups is 2. The monoisotopic (exact) mass is 113 g/mol. The maximum atomic E-state index is 8.93. The van der Waals surface area contributed by atoms with Crippen LogP contribution in [0.2, 0.25) is 0 Å². The summed E-state index contributed by atoms with van der Waals surface area (Å²) in [6.07, 6.45) is -0.350. The summed E-state index contributed by atoms with van der Waals surface area (Å²) in [7, 11) is 0. The van der Waals surface area contributed by atoms with Crippen molar-refractivity contribution >= 4 is 0 Å². The molecule has 44 valence electrons. The van der Waals surface area contributed by atoms with Gasteiger partial charge in [-0.2, -0.15) is 0 Å². The zero-order valence-electron chi connectivity index (χ0n) is 4.26. The molecular weight excluding hydrogens is 106 g/mol. The zero-order chi connectivity index (χ0) is 5.72. The predicted molar refractivity (Wildman–Crippen MR) is 26.8 cm³/mol. The van der Waals surface area contributed by atoms with E-state index in [0.717, 1.165) is 11.4 Å². The van der Waals surface area contributed by atoms with E-state index in [1.165, 1.54) is 0 Å². The minimum absolute atomic E-state index is 0.417. The molecule has 0 radical (unpaired) electrons. The van der Waals surface area contributed by atoms with Crippen molar-refractivity contribution in [1.82, 2.24) is 5.32 Å². The summed E-state index contributed by atoms with van der Waals surface area (Å²) in [6, 6.07) is 0. The Hall–Kier alpha value is -0.540. The highest BCUT2D eigenvalue weighted by Crippen LogP contribution is 2.33. The molecule has 1 heterocycles. The molecule has 2 aliphatic rings. The normalized spacial score (nSPS) is 41.8. The number of aliphatic hydroxyl groups excluding tert-OH is 2. The van der Waals surface area contributed by atoms with Crippen LogP contribution < -0.4 is 5.32 Å². The Morgan fingerprint density at radius 3 is 1.88 bits per heavy atom. The second kappa shape index (κ2) is 1.06. The largest absolute Gasteiger partial charge is 0.387 e. The minimum Gasteiger partial charge on any atom is -0.387 e. The Morgan fingerprint density at radius 1 is 1.25 bits per heavy atom. The van der Waals surface area contributed by atoms with Gasteiger partial charge >= 0.3 is 0 Å². The molecule has 1 aliphatic heterocycles. The highest BCUT2D eigenvalue weighted by molar-refractivity contribution is 5.41. The van der Waals surface area contributed by atoms with Gasteiger partial charge in [0.2, 0.25) is 0 Å². The molecule has 0 bridgehead atoms. The quantitative estimate of drug-likeness (QED) is 0.374. The molecule has 3 nitrogen and oxygen atoms in total. The van der Waals surface area contributed by atoms with Crippen LogP contribution in [0.3, 0.4) is 0 Å². The van der Waals surface area contributed by atoms with E-state index in [1.807, 2.05) is 0 Å². The molecule has 3 heteroatoms. The van der Waals surface area contributed by atoms with Crippen molar-refractivity contribution in [1.29, 1.82) is 0 Å². The van der Waals surface area contributed by atoms with Gasteiger partial charge in [0.1, 0.15) is 0 Å². The molecule has 0 saturated carbocycles. The van der Waals surface area contributed by atoms with E-state index < -0.39 is 12.2 Å². The fraction of sp³-hybridized carbons (Fsp3) is 0.600. The van der Waals surface area contributed by atoms with Crippen LogP contribution >= 0.6 is 0 Å². The van der Waals surface area contributed by atoms with Crippen LogP contribution in [-0.2, 0) is 0 Å². The Labute approximate surface area is 46.6 Å². The first-order chi connectivity index (χ1) is 3.79. The van der Waals surface area contributed by atoms with Crippen molar-refractivity contribution in [2.45, 2.75) is 18.6 Å². The Morgan fingerprint density at radius 2 is 1.75 bits per heavy atom. The van der Waals surface area contributed by atoms with Gasteiger partial charge in [-0.05, 0) is 0 Å². The summed E-state index contributed by atoms with van der Waals surface area (Å²) >= 11 is 0. The molecule has 2 unspecified atom stereocenters. The zero-order valence-corrected chi connectivity index (χ0v) is 4.26. The van der Waals surface area contributed by atoms with Gasteiger partial charge in [-0.25, -0.2) is 0 Å². The Kier molecular flexibility index (Phi) is 0.578. The highest BCUT2D eigenvalue weighted by atomic mass is 16.3. The molecule has 0 fully saturated rings. The standard InChI is InChI=1S/C5H7NO2/c7-2-1-3(8)5-4(2)6-5/h2-3,6-8H,1H2. The van der Waals surface area contributed by atoms with Crippen molar-refractivity contribution in [3.63, 3.8) is 0 Å². The molecule has 3 N–H and O–H groups in total. The summed E-state index contributed by atoms with van der Waals surface area (Å²) in [5.41, 5.74) is 1.69. The van der Waals surface area contributed by atoms with Crippen molar-refractivity contribution in [3.05, 3.63) is 11.4 Å². The van der Waals surface area contributed by atoms with Gasteiger partial charge in [0.25, 0.3) is 0 Å². The molecule has 1 aliphatic carbocycles. The van der Waals surface area contributed by atoms with E-state index in [4.69, 9.17) is 10.2 Å². The first-order valence-corrected chi connectivity index (χ1v) is 2.66. The predicted octanol–water partition coefficient (Wildman–Crippen LogP) is -1.07. The van der Waals surface area contributed by atoms with Gasteiger partial charge in [-0.3, -0.25) is 0 Å². The summed E-state index contributed by atoms with van der Waals surface area (Å²) in [5, 5.41) is 20.7. The molecule has 0 aromatic carbocycles. The van der Waals surface area contributed by atoms with Gasteiger partial charge in [0, 0.05) is 6.42 Å². The van der Waals surface area contributed by atoms with Crippen LogP contribution in [0, 0.1) is 0 Å². The molecule has 2 atom stereocenters. The lowest BCUT2D eigenvalue weighted by Crippen LogP contribution is -2.18. The molecule has 0 amide bonds. The average Bonchev–Trinajstić information content (AvgIpc) is 2.35. The van der Waals surface area contributed by atoms with Crippen molar-refractivity contribution in [2.75, 3.05) is 0 Å². The maximum absolute atomic E-state index is 8.93. The van der Waals surface area contributed by atoms with E-state index in [-0.39, 0.29) is 0 Å². The second-order valence-electron chi connectivity index (χ2n) is 2.22. The van der Waals surface area contributed by atoms with Gasteiger partial charge < -0.3 is 15.5 Å². The lowest BCUT2D eigenvalue weighted by atomic mass is 10.2. The number of rotatable bonds is 0. The third kappa shape index (κ3) is 0.356. The van der Waals surface area contributed by atoms with E-state index in [2.05, 4.69) is 5.32 Å². The van der Waals surface area contributed by atoms with Crippen molar-refractivity contribution in [2.24, 2.45) is 0 Å². The van der Waals surface area contributed by atoms with E-state index >= 15 is 0 Å². The SMILES string of the molecule is OC1CC(O)C2=C1N2. The second-order valence-corrected chi connectivity index (χ2v) is 2.22. The number of piperidine rings is 1. The van der Waals surface area contributed by atoms with Crippen LogP contribution in [0.5, 0.6) is 0 Å². The lowest BCUT2D eigenvalue weighted by molar-refractivity contribution is 0.130. The van der Waals surface area contributed by atoms with Gasteiger partial charge in [0.05, 0.1) is 23.6 Å². The van der Waals surface area contributed by atoms with Gasteiger partial charge in [-0.1, -0.05) is 0 Å². The summed E-state index contributed by atoms with van der Waals surface area (Å²) < 4.78 is 0. The Balaban J connectivity index is 2.22. The maximum Gasteiger partial charge on any atom is 0.0985 e. The van der Waals surface area contributed by atoms with Crippen molar-refractivity contribution < 1.29 is 10.2 Å². The molecule has 0 saturated heterocycles. The Bertz CT molecular complexity index is 148. The van der Waals surface area contributed by atoms with Gasteiger partial charge in [0.15, 0.2) is 0 Å². The third-order valence-electron chi connectivity index (χ3n) is 1.61. The van der Waals surface area contributed by atoms with Crippen LogP contribution in [0.15, 0.2) is 11.4 Å². The smallest absolute Gasteiger partial charge is 0.0985 e. The summed E-state index contributed by atoms with van der Waals surface area (Å²) in [6.45, 7) is 0. The molecule has 8 heavy (non-hydrogen) atoms. The van der Waals surface area contributed by atoms with Crippen LogP contribution in [0.25, 0.3) is 0 Å². The summed E-state index contributed by atoms with van der Waals surface area (Å²) in [5.74, 6) is 0. The van der Waals surface area contributed by atoms with Crippen LogP contribution in [0.4, 0.5) is 0 Å². The molecule has 0 spiro atoms. The van der Waals surface area contributed by atoms with Crippen LogP contribution in [-0.4, -0.2) is 22.4 Å². The molecule has 2 rings (SSSR count). The van der Waals surface area contributed by atoms with Crippen LogP contribution in [0.1, 0.15) is 6.42 Å². The number of nitrogens with one attached hydrogen (secondary N) is 1. The number of hydrogen-bond donors (Lipinski definition) is 3. The average molecular weight is 113 g/mol. The number of hydrogen-bond acceptors (Lipinski definition) is 3.